The zero-order valence-electron chi connectivity index (χ0n) is 21.0. The first kappa shape index (κ1) is 29.9. The molecule has 2 aromatic heterocycles. The Morgan fingerprint density at radius 2 is 1.78 bits per heavy atom. The number of aromatic nitrogens is 1. The van der Waals surface area contributed by atoms with Crippen LogP contribution in [0.3, 0.4) is 0 Å². The highest BCUT2D eigenvalue weighted by atomic mass is 32.2. The SMILES string of the molecule is COc1ccsc1CNCC[C@@]1(c2ccccn2)CCOC2(CCCC2)C1.O=S(=O)(O)CCS(=O)(=O)O. The molecule has 1 spiro atoms. The van der Waals surface area contributed by atoms with Crippen LogP contribution >= 0.6 is 11.3 Å². The van der Waals surface area contributed by atoms with Gasteiger partial charge in [-0.2, -0.15) is 16.8 Å². The molecule has 2 fully saturated rings. The molecule has 0 unspecified atom stereocenters. The van der Waals surface area contributed by atoms with Crippen molar-refractivity contribution in [2.24, 2.45) is 0 Å². The van der Waals surface area contributed by atoms with Crippen LogP contribution in [0.5, 0.6) is 5.75 Å². The number of rotatable bonds is 10. The number of hydrogen-bond donors (Lipinski definition) is 3. The third kappa shape index (κ3) is 9.27. The first-order valence-corrected chi connectivity index (χ1v) is 16.3. The van der Waals surface area contributed by atoms with Crippen molar-refractivity contribution in [1.29, 1.82) is 0 Å². The summed E-state index contributed by atoms with van der Waals surface area (Å²) in [6.45, 7) is 2.70. The molecule has 0 radical (unpaired) electrons. The molecule has 1 aliphatic heterocycles. The summed E-state index contributed by atoms with van der Waals surface area (Å²) in [7, 11) is -6.85. The van der Waals surface area contributed by atoms with Crippen molar-refractivity contribution in [3.63, 3.8) is 0 Å². The van der Waals surface area contributed by atoms with E-state index in [4.69, 9.17) is 23.6 Å². The van der Waals surface area contributed by atoms with Crippen LogP contribution in [-0.4, -0.2) is 68.3 Å². The van der Waals surface area contributed by atoms with Gasteiger partial charge in [-0.15, -0.1) is 11.3 Å². The highest BCUT2D eigenvalue weighted by Gasteiger charge is 2.48. The third-order valence-electron chi connectivity index (χ3n) is 6.96. The van der Waals surface area contributed by atoms with Crippen molar-refractivity contribution < 1.29 is 35.4 Å². The van der Waals surface area contributed by atoms with E-state index in [9.17, 15) is 16.8 Å². The molecule has 0 aromatic carbocycles. The van der Waals surface area contributed by atoms with Gasteiger partial charge < -0.3 is 14.8 Å². The van der Waals surface area contributed by atoms with E-state index in [1.54, 1.807) is 18.4 Å². The second-order valence-electron chi connectivity index (χ2n) is 9.57. The minimum atomic E-state index is -4.30. The van der Waals surface area contributed by atoms with Crippen molar-refractivity contribution in [2.45, 2.75) is 62.5 Å². The summed E-state index contributed by atoms with van der Waals surface area (Å²) in [6, 6.07) is 8.41. The summed E-state index contributed by atoms with van der Waals surface area (Å²) in [5, 5.41) is 5.74. The fourth-order valence-corrected chi connectivity index (χ4v) is 7.67. The van der Waals surface area contributed by atoms with Gasteiger partial charge in [0.05, 0.1) is 29.1 Å². The molecule has 2 aliphatic rings. The predicted octanol–water partition coefficient (Wildman–Crippen LogP) is 3.45. The van der Waals surface area contributed by atoms with Gasteiger partial charge in [0, 0.05) is 30.5 Å². The number of pyridine rings is 1. The first-order chi connectivity index (χ1) is 17.5. The number of hydrogen-bond acceptors (Lipinski definition) is 9. The lowest BCUT2D eigenvalue weighted by molar-refractivity contribution is -0.104. The zero-order chi connectivity index (χ0) is 27.0. The third-order valence-corrected chi connectivity index (χ3v) is 9.56. The summed E-state index contributed by atoms with van der Waals surface area (Å²) in [4.78, 5) is 6.05. The Morgan fingerprint density at radius 3 is 2.38 bits per heavy atom. The average molecular weight is 577 g/mol. The Bertz CT molecular complexity index is 1160. The average Bonchev–Trinajstić information content (AvgIpc) is 3.50. The number of nitrogens with one attached hydrogen (secondary N) is 1. The largest absolute Gasteiger partial charge is 0.496 e. The molecule has 1 saturated heterocycles. The molecule has 0 bridgehead atoms. The van der Waals surface area contributed by atoms with E-state index in [0.717, 1.165) is 44.7 Å². The normalized spacial score (nSPS) is 21.4. The Morgan fingerprint density at radius 1 is 1.08 bits per heavy atom. The van der Waals surface area contributed by atoms with Gasteiger partial charge >= 0.3 is 0 Å². The zero-order valence-corrected chi connectivity index (χ0v) is 23.4. The molecule has 2 aromatic rings. The van der Waals surface area contributed by atoms with Crippen molar-refractivity contribution in [3.05, 3.63) is 46.4 Å². The topological polar surface area (TPSA) is 152 Å². The number of thiophene rings is 1. The van der Waals surface area contributed by atoms with Crippen LogP contribution in [0.1, 0.15) is 55.5 Å². The smallest absolute Gasteiger partial charge is 0.265 e. The maximum Gasteiger partial charge on any atom is 0.265 e. The lowest BCUT2D eigenvalue weighted by Gasteiger charge is -2.46. The van der Waals surface area contributed by atoms with Crippen molar-refractivity contribution in [1.82, 2.24) is 10.3 Å². The maximum atomic E-state index is 9.86. The van der Waals surface area contributed by atoms with E-state index in [0.29, 0.717) is 0 Å². The molecule has 3 N–H and O–H groups in total. The molecule has 208 valence electrons. The highest BCUT2D eigenvalue weighted by Crippen LogP contribution is 2.49. The molecule has 1 aliphatic carbocycles. The molecule has 0 amide bonds. The quantitative estimate of drug-likeness (QED) is 0.283. The van der Waals surface area contributed by atoms with Gasteiger partial charge in [-0.25, -0.2) is 0 Å². The lowest BCUT2D eigenvalue weighted by atomic mass is 9.68. The fraction of sp³-hybridized carbons (Fsp3) is 0.625. The Balaban J connectivity index is 0.000000325. The number of nitrogens with zero attached hydrogens (tertiary/aromatic N) is 1. The standard InChI is InChI=1S/C22H30N2O2S.C2H6O6S2/c1-25-18-7-15-27-19(18)16-23-13-10-21(20-6-2-5-12-24-20)11-14-26-22(17-21)8-3-4-9-22;3-9(4,5)1-2-10(6,7)8/h2,5-7,12,15,23H,3-4,8-11,13-14,16-17H2,1H3;1-2H2,(H,3,4,5)(H,6,7,8)/t21-;/m1./s1. The number of ether oxygens (including phenoxy) is 2. The second-order valence-corrected chi connectivity index (χ2v) is 13.7. The Hall–Kier alpha value is -1.61. The molecule has 1 atom stereocenters. The van der Waals surface area contributed by atoms with E-state index < -0.39 is 31.7 Å². The minimum Gasteiger partial charge on any atom is -0.496 e. The van der Waals surface area contributed by atoms with E-state index in [1.165, 1.54) is 36.3 Å². The lowest BCUT2D eigenvalue weighted by Crippen LogP contribution is -2.47. The summed E-state index contributed by atoms with van der Waals surface area (Å²) < 4.78 is 67.2. The second kappa shape index (κ2) is 13.0. The van der Waals surface area contributed by atoms with Gasteiger partial charge in [0.2, 0.25) is 0 Å². The van der Waals surface area contributed by atoms with Crippen molar-refractivity contribution in [2.75, 3.05) is 31.8 Å². The molecule has 3 heterocycles. The maximum absolute atomic E-state index is 9.86. The van der Waals surface area contributed by atoms with Gasteiger partial charge in [-0.1, -0.05) is 18.9 Å². The number of methoxy groups -OCH3 is 1. The summed E-state index contributed by atoms with van der Waals surface area (Å²) in [5.41, 5.74) is 1.46. The van der Waals surface area contributed by atoms with Gasteiger partial charge in [0.15, 0.2) is 0 Å². The fourth-order valence-electron chi connectivity index (χ4n) is 5.18. The summed E-state index contributed by atoms with van der Waals surface area (Å²) in [5.74, 6) is -0.972. The Kier molecular flexibility index (Phi) is 10.5. The van der Waals surface area contributed by atoms with E-state index in [-0.39, 0.29) is 11.0 Å². The minimum absolute atomic E-state index is 0.0900. The molecule has 13 heteroatoms. The van der Waals surface area contributed by atoms with Crippen molar-refractivity contribution >= 4 is 31.6 Å². The van der Waals surface area contributed by atoms with Crippen LogP contribution in [-0.2, 0) is 36.9 Å². The molecular weight excluding hydrogens is 540 g/mol. The van der Waals surface area contributed by atoms with Crippen LogP contribution in [0.2, 0.25) is 0 Å². The van der Waals surface area contributed by atoms with Gasteiger partial charge in [-0.05, 0) is 62.2 Å². The first-order valence-electron chi connectivity index (χ1n) is 12.2. The van der Waals surface area contributed by atoms with Gasteiger partial charge in [0.25, 0.3) is 20.2 Å². The predicted molar refractivity (Wildman–Crippen MR) is 142 cm³/mol. The molecule has 37 heavy (non-hydrogen) atoms. The Labute approximate surface area is 223 Å². The molecule has 10 nitrogen and oxygen atoms in total. The molecule has 4 rings (SSSR count). The van der Waals surface area contributed by atoms with E-state index in [2.05, 4.69) is 22.8 Å². The highest BCUT2D eigenvalue weighted by molar-refractivity contribution is 7.89. The summed E-state index contributed by atoms with van der Waals surface area (Å²) in [6.07, 6.45) is 10.2. The van der Waals surface area contributed by atoms with Gasteiger partial charge in [-0.3, -0.25) is 14.1 Å². The van der Waals surface area contributed by atoms with Crippen LogP contribution < -0.4 is 10.1 Å². The molecule has 1 saturated carbocycles. The van der Waals surface area contributed by atoms with Crippen LogP contribution in [0.25, 0.3) is 0 Å². The van der Waals surface area contributed by atoms with Crippen molar-refractivity contribution in [3.8, 4) is 5.75 Å². The van der Waals surface area contributed by atoms with E-state index >= 15 is 0 Å². The van der Waals surface area contributed by atoms with Gasteiger partial charge in [0.1, 0.15) is 5.75 Å². The monoisotopic (exact) mass is 576 g/mol. The van der Waals surface area contributed by atoms with E-state index in [1.807, 2.05) is 18.3 Å². The van der Waals surface area contributed by atoms with Crippen LogP contribution in [0, 0.1) is 0 Å². The summed E-state index contributed by atoms with van der Waals surface area (Å²) >= 11 is 1.75. The van der Waals surface area contributed by atoms with Crippen LogP contribution in [0.15, 0.2) is 35.8 Å². The van der Waals surface area contributed by atoms with Crippen LogP contribution in [0.4, 0.5) is 0 Å². The molecular formula is C24H36N2O8S3.